The number of amides is 2. The summed E-state index contributed by atoms with van der Waals surface area (Å²) in [4.78, 5) is 23.0. The number of nitrogens with zero attached hydrogens (tertiary/aromatic N) is 1. The van der Waals surface area contributed by atoms with Crippen LogP contribution in [0.4, 0.5) is 4.79 Å². The Morgan fingerprint density at radius 1 is 1.53 bits per heavy atom. The van der Waals surface area contributed by atoms with Crippen molar-refractivity contribution >= 4 is 12.0 Å². The van der Waals surface area contributed by atoms with Crippen LogP contribution in [0.1, 0.15) is 6.92 Å². The van der Waals surface area contributed by atoms with E-state index in [1.165, 1.54) is 6.08 Å². The van der Waals surface area contributed by atoms with Crippen molar-refractivity contribution in [3.05, 3.63) is 24.8 Å². The Hall–Kier alpha value is -1.78. The minimum atomic E-state index is -1.05. The lowest BCUT2D eigenvalue weighted by molar-refractivity contribution is -0.137. The van der Waals surface area contributed by atoms with Crippen LogP contribution in [-0.4, -0.2) is 41.6 Å². The van der Waals surface area contributed by atoms with Crippen LogP contribution in [-0.2, 0) is 4.79 Å². The van der Waals surface area contributed by atoms with Crippen LogP contribution in [0.5, 0.6) is 0 Å². The van der Waals surface area contributed by atoms with Gasteiger partial charge in [0.15, 0.2) is 0 Å². The molecule has 84 valence electrons. The number of aliphatic carboxylic acids is 1. The van der Waals surface area contributed by atoms with Crippen LogP contribution < -0.4 is 5.32 Å². The van der Waals surface area contributed by atoms with Gasteiger partial charge in [0.1, 0.15) is 6.54 Å². The van der Waals surface area contributed by atoms with Gasteiger partial charge < -0.3 is 15.3 Å². The summed E-state index contributed by atoms with van der Waals surface area (Å²) in [6.45, 7) is 9.05. The molecule has 0 aliphatic heterocycles. The molecule has 0 aromatic carbocycles. The van der Waals surface area contributed by atoms with E-state index in [1.807, 2.05) is 0 Å². The van der Waals surface area contributed by atoms with Gasteiger partial charge >= 0.3 is 12.0 Å². The van der Waals surface area contributed by atoms with Gasteiger partial charge in [-0.3, -0.25) is 4.79 Å². The van der Waals surface area contributed by atoms with Crippen molar-refractivity contribution < 1.29 is 14.7 Å². The van der Waals surface area contributed by atoms with Gasteiger partial charge in [-0.2, -0.15) is 0 Å². The highest BCUT2D eigenvalue weighted by Crippen LogP contribution is 1.91. The quantitative estimate of drug-likeness (QED) is 0.641. The Morgan fingerprint density at radius 3 is 2.53 bits per heavy atom. The molecule has 0 unspecified atom stereocenters. The molecule has 0 saturated heterocycles. The summed E-state index contributed by atoms with van der Waals surface area (Å²) in [6, 6.07) is -0.430. The van der Waals surface area contributed by atoms with Gasteiger partial charge in [-0.15, -0.1) is 6.58 Å². The maximum absolute atomic E-state index is 11.4. The predicted octanol–water partition coefficient (Wildman–Crippen LogP) is 0.845. The van der Waals surface area contributed by atoms with Crippen LogP contribution >= 0.6 is 0 Å². The molecule has 2 N–H and O–H groups in total. The van der Waals surface area contributed by atoms with E-state index in [4.69, 9.17) is 5.11 Å². The Balaban J connectivity index is 4.21. The normalized spacial score (nSPS) is 9.13. The van der Waals surface area contributed by atoms with E-state index in [0.717, 1.165) is 10.5 Å². The molecule has 0 aromatic rings. The molecule has 0 heterocycles. The van der Waals surface area contributed by atoms with Gasteiger partial charge in [0, 0.05) is 13.1 Å². The lowest BCUT2D eigenvalue weighted by Crippen LogP contribution is -2.43. The highest BCUT2D eigenvalue weighted by molar-refractivity contribution is 5.80. The summed E-state index contributed by atoms with van der Waals surface area (Å²) in [5.74, 6) is -1.05. The highest BCUT2D eigenvalue weighted by atomic mass is 16.4. The standard InChI is InChI=1S/C10H16N2O3/c1-4-5-12(7-9(13)14)10(15)11-6-8(2)3/h4H,1-2,5-7H2,3H3,(H,11,15)(H,13,14). The minimum Gasteiger partial charge on any atom is -0.480 e. The number of nitrogens with one attached hydrogen (secondary N) is 1. The number of carbonyl (C=O) groups is 2. The van der Waals surface area contributed by atoms with Crippen LogP contribution in [0.2, 0.25) is 0 Å². The Morgan fingerprint density at radius 2 is 2.13 bits per heavy atom. The molecule has 0 fully saturated rings. The van der Waals surface area contributed by atoms with Gasteiger partial charge in [-0.25, -0.2) is 4.79 Å². The third kappa shape index (κ3) is 6.31. The van der Waals surface area contributed by atoms with Gasteiger partial charge in [0.25, 0.3) is 0 Å². The number of hydrogen-bond acceptors (Lipinski definition) is 2. The third-order valence-corrected chi connectivity index (χ3v) is 1.50. The lowest BCUT2D eigenvalue weighted by Gasteiger charge is -2.19. The van der Waals surface area contributed by atoms with Gasteiger partial charge in [0.2, 0.25) is 0 Å². The molecule has 0 aliphatic carbocycles. The summed E-state index contributed by atoms with van der Waals surface area (Å²) >= 11 is 0. The maximum atomic E-state index is 11.4. The Labute approximate surface area is 89.1 Å². The fourth-order valence-corrected chi connectivity index (χ4v) is 0.877. The van der Waals surface area contributed by atoms with E-state index in [0.29, 0.717) is 6.54 Å². The first-order chi connectivity index (χ1) is 6.97. The molecule has 5 nitrogen and oxygen atoms in total. The smallest absolute Gasteiger partial charge is 0.323 e. The van der Waals surface area contributed by atoms with E-state index in [1.54, 1.807) is 6.92 Å². The van der Waals surface area contributed by atoms with Crippen LogP contribution in [0.3, 0.4) is 0 Å². The van der Waals surface area contributed by atoms with Crippen molar-refractivity contribution in [2.24, 2.45) is 0 Å². The number of carbonyl (C=O) groups excluding carboxylic acids is 1. The van der Waals surface area contributed by atoms with E-state index in [2.05, 4.69) is 18.5 Å². The second-order valence-corrected chi connectivity index (χ2v) is 3.18. The molecule has 0 radical (unpaired) electrons. The fraction of sp³-hybridized carbons (Fsp3) is 0.400. The zero-order valence-corrected chi connectivity index (χ0v) is 8.82. The van der Waals surface area contributed by atoms with Gasteiger partial charge in [0.05, 0.1) is 0 Å². The first-order valence-corrected chi connectivity index (χ1v) is 4.47. The van der Waals surface area contributed by atoms with E-state index in [9.17, 15) is 9.59 Å². The van der Waals surface area contributed by atoms with Crippen molar-refractivity contribution in [3.8, 4) is 0 Å². The molecule has 0 aliphatic rings. The monoisotopic (exact) mass is 212 g/mol. The molecular weight excluding hydrogens is 196 g/mol. The maximum Gasteiger partial charge on any atom is 0.323 e. The highest BCUT2D eigenvalue weighted by Gasteiger charge is 2.14. The van der Waals surface area contributed by atoms with Crippen molar-refractivity contribution in [3.63, 3.8) is 0 Å². The van der Waals surface area contributed by atoms with Gasteiger partial charge in [-0.1, -0.05) is 18.2 Å². The second-order valence-electron chi connectivity index (χ2n) is 3.18. The summed E-state index contributed by atoms with van der Waals surface area (Å²) in [7, 11) is 0. The first-order valence-electron chi connectivity index (χ1n) is 4.47. The third-order valence-electron chi connectivity index (χ3n) is 1.50. The van der Waals surface area contributed by atoms with E-state index < -0.39 is 12.0 Å². The van der Waals surface area contributed by atoms with Gasteiger partial charge in [-0.05, 0) is 6.92 Å². The first kappa shape index (κ1) is 13.2. The molecular formula is C10H16N2O3. The lowest BCUT2D eigenvalue weighted by atomic mass is 10.3. The molecule has 15 heavy (non-hydrogen) atoms. The summed E-state index contributed by atoms with van der Waals surface area (Å²) in [6.07, 6.45) is 1.48. The molecule has 0 atom stereocenters. The van der Waals surface area contributed by atoms with Crippen LogP contribution in [0.15, 0.2) is 24.8 Å². The van der Waals surface area contributed by atoms with Crippen LogP contribution in [0.25, 0.3) is 0 Å². The molecule has 2 amide bonds. The zero-order valence-electron chi connectivity index (χ0n) is 8.82. The minimum absolute atomic E-state index is 0.203. The van der Waals surface area contributed by atoms with Crippen molar-refractivity contribution in [2.75, 3.05) is 19.6 Å². The number of carboxylic acid groups (broad SMARTS) is 1. The Kier molecular flexibility index (Phi) is 5.85. The number of rotatable bonds is 6. The second kappa shape index (κ2) is 6.64. The largest absolute Gasteiger partial charge is 0.480 e. The summed E-state index contributed by atoms with van der Waals surface area (Å²) in [5, 5.41) is 11.1. The predicted molar refractivity (Wildman–Crippen MR) is 57.6 cm³/mol. The molecule has 5 heteroatoms. The zero-order chi connectivity index (χ0) is 11.8. The topological polar surface area (TPSA) is 69.6 Å². The van der Waals surface area contributed by atoms with E-state index >= 15 is 0 Å². The Bertz CT molecular complexity index is 274. The average molecular weight is 212 g/mol. The summed E-state index contributed by atoms with van der Waals surface area (Å²) in [5.41, 5.74) is 0.803. The molecule has 0 spiro atoms. The SMILES string of the molecule is C=CCN(CC(=O)O)C(=O)NCC(=C)C. The number of carboxylic acids is 1. The van der Waals surface area contributed by atoms with E-state index in [-0.39, 0.29) is 13.1 Å². The van der Waals surface area contributed by atoms with Crippen LogP contribution in [0, 0.1) is 0 Å². The molecule has 0 rings (SSSR count). The van der Waals surface area contributed by atoms with Crippen molar-refractivity contribution in [1.29, 1.82) is 0 Å². The number of urea groups is 1. The van der Waals surface area contributed by atoms with Crippen molar-refractivity contribution in [1.82, 2.24) is 10.2 Å². The van der Waals surface area contributed by atoms with Crippen molar-refractivity contribution in [2.45, 2.75) is 6.92 Å². The molecule has 0 saturated carbocycles. The summed E-state index contributed by atoms with van der Waals surface area (Å²) < 4.78 is 0. The fourth-order valence-electron chi connectivity index (χ4n) is 0.877. The average Bonchev–Trinajstić information content (AvgIpc) is 2.12. The molecule has 0 aromatic heterocycles. The molecule has 0 bridgehead atoms. The number of hydrogen-bond donors (Lipinski definition) is 2.